The molecule has 0 saturated heterocycles. The Labute approximate surface area is 89.6 Å². The number of aliphatic hydroxyl groups is 2. The molecule has 1 aromatic rings. The van der Waals surface area contributed by atoms with Crippen LogP contribution >= 0.6 is 28.6 Å². The van der Waals surface area contributed by atoms with E-state index >= 15 is 0 Å². The third-order valence-corrected chi connectivity index (χ3v) is 2.24. The number of aromatic nitrogens is 2. The van der Waals surface area contributed by atoms with Crippen LogP contribution in [0.3, 0.4) is 0 Å². The Hall–Kier alpha value is -0.170. The lowest BCUT2D eigenvalue weighted by molar-refractivity contribution is 0.0280. The van der Waals surface area contributed by atoms with Gasteiger partial charge in [-0.05, 0) is 15.9 Å². The van der Waals surface area contributed by atoms with Gasteiger partial charge in [-0.25, -0.2) is 9.97 Å². The lowest BCUT2D eigenvalue weighted by atomic mass is 10.2. The maximum atomic E-state index is 9.44. The minimum atomic E-state index is -1.08. The van der Waals surface area contributed by atoms with Crippen LogP contribution in [0.4, 0.5) is 0 Å². The second-order valence-electron chi connectivity index (χ2n) is 2.45. The second kappa shape index (κ2) is 4.90. The van der Waals surface area contributed by atoms with Gasteiger partial charge in [0.1, 0.15) is 6.10 Å². The zero-order valence-electron chi connectivity index (χ0n) is 6.63. The van der Waals surface area contributed by atoms with Gasteiger partial charge in [-0.15, -0.1) is 0 Å². The second-order valence-corrected chi connectivity index (χ2v) is 3.74. The summed E-state index contributed by atoms with van der Waals surface area (Å²) in [6.45, 7) is 0. The fourth-order valence-electron chi connectivity index (χ4n) is 0.747. The molecule has 1 heterocycles. The first-order valence-electron chi connectivity index (χ1n) is 3.59. The third-order valence-electron chi connectivity index (χ3n) is 1.46. The maximum Gasteiger partial charge on any atom is 0.159 e. The summed E-state index contributed by atoms with van der Waals surface area (Å²) in [5.41, 5.74) is 0. The van der Waals surface area contributed by atoms with Crippen LogP contribution in [0.2, 0.25) is 0 Å². The van der Waals surface area contributed by atoms with Crippen LogP contribution in [0.1, 0.15) is 11.9 Å². The predicted octanol–water partition coefficient (Wildman–Crippen LogP) is 0.563. The fraction of sp³-hybridized carbons (Fsp3) is 0.429. The molecule has 0 radical (unpaired) electrons. The maximum absolute atomic E-state index is 9.44. The number of halogens is 1. The summed E-state index contributed by atoms with van der Waals surface area (Å²) < 4.78 is 0.726. The molecule has 0 spiro atoms. The van der Waals surface area contributed by atoms with E-state index in [0.29, 0.717) is 0 Å². The van der Waals surface area contributed by atoms with Crippen LogP contribution in [0.15, 0.2) is 16.9 Å². The Kier molecular flexibility index (Phi) is 4.11. The van der Waals surface area contributed by atoms with E-state index in [1.54, 1.807) is 0 Å². The van der Waals surface area contributed by atoms with Crippen molar-refractivity contribution < 1.29 is 10.2 Å². The molecular formula is C7H9BrN2O2S. The van der Waals surface area contributed by atoms with Gasteiger partial charge in [0.25, 0.3) is 0 Å². The Balaban J connectivity index is 2.77. The van der Waals surface area contributed by atoms with E-state index < -0.39 is 12.2 Å². The highest BCUT2D eigenvalue weighted by Gasteiger charge is 2.19. The molecule has 6 heteroatoms. The van der Waals surface area contributed by atoms with Crippen molar-refractivity contribution in [1.82, 2.24) is 9.97 Å². The molecule has 0 aliphatic carbocycles. The van der Waals surface area contributed by atoms with E-state index in [0.717, 1.165) is 4.47 Å². The molecule has 0 fully saturated rings. The van der Waals surface area contributed by atoms with Crippen molar-refractivity contribution in [3.05, 3.63) is 22.7 Å². The van der Waals surface area contributed by atoms with Crippen LogP contribution in [0.5, 0.6) is 0 Å². The zero-order valence-corrected chi connectivity index (χ0v) is 9.11. The van der Waals surface area contributed by atoms with Gasteiger partial charge in [0.2, 0.25) is 0 Å². The summed E-state index contributed by atoms with van der Waals surface area (Å²) in [4.78, 5) is 7.69. The molecule has 72 valence electrons. The van der Waals surface area contributed by atoms with Gasteiger partial charge in [-0.2, -0.15) is 12.6 Å². The monoisotopic (exact) mass is 264 g/mol. The first-order valence-corrected chi connectivity index (χ1v) is 5.02. The molecule has 2 N–H and O–H groups in total. The summed E-state index contributed by atoms with van der Waals surface area (Å²) in [5, 5.41) is 18.7. The number of hydrogen-bond acceptors (Lipinski definition) is 5. The molecule has 2 unspecified atom stereocenters. The molecule has 0 bridgehead atoms. The highest BCUT2D eigenvalue weighted by molar-refractivity contribution is 9.10. The molecule has 4 nitrogen and oxygen atoms in total. The van der Waals surface area contributed by atoms with E-state index in [9.17, 15) is 10.2 Å². The van der Waals surface area contributed by atoms with E-state index in [-0.39, 0.29) is 11.6 Å². The van der Waals surface area contributed by atoms with Gasteiger partial charge in [-0.3, -0.25) is 0 Å². The minimum Gasteiger partial charge on any atom is -0.389 e. The van der Waals surface area contributed by atoms with Gasteiger partial charge in [0, 0.05) is 18.1 Å². The standard InChI is InChI=1S/C7H9BrN2O2S/c8-4-1-9-7(10-2-4)6(12)5(11)3-13/h1-2,5-6,11-13H,3H2. The molecule has 0 aromatic carbocycles. The van der Waals surface area contributed by atoms with Crippen molar-refractivity contribution in [3.63, 3.8) is 0 Å². The molecule has 0 amide bonds. The number of hydrogen-bond donors (Lipinski definition) is 3. The molecule has 1 rings (SSSR count). The van der Waals surface area contributed by atoms with Crippen LogP contribution in [-0.4, -0.2) is 32.0 Å². The first-order chi connectivity index (χ1) is 6.15. The lowest BCUT2D eigenvalue weighted by Gasteiger charge is -2.13. The van der Waals surface area contributed by atoms with Crippen LogP contribution < -0.4 is 0 Å². The quantitative estimate of drug-likeness (QED) is 0.699. The van der Waals surface area contributed by atoms with Crippen molar-refractivity contribution in [2.24, 2.45) is 0 Å². The van der Waals surface area contributed by atoms with Gasteiger partial charge in [0.05, 0.1) is 10.6 Å². The molecule has 13 heavy (non-hydrogen) atoms. The van der Waals surface area contributed by atoms with Crippen molar-refractivity contribution in [2.75, 3.05) is 5.75 Å². The van der Waals surface area contributed by atoms with Crippen molar-refractivity contribution in [2.45, 2.75) is 12.2 Å². The van der Waals surface area contributed by atoms with Gasteiger partial charge in [0.15, 0.2) is 5.82 Å². The summed E-state index contributed by atoms with van der Waals surface area (Å²) in [5.74, 6) is 0.366. The van der Waals surface area contributed by atoms with E-state index in [2.05, 4.69) is 38.5 Å². The van der Waals surface area contributed by atoms with E-state index in [1.807, 2.05) is 0 Å². The highest BCUT2D eigenvalue weighted by Crippen LogP contribution is 2.14. The largest absolute Gasteiger partial charge is 0.389 e. The molecular weight excluding hydrogens is 256 g/mol. The Morgan fingerprint density at radius 3 is 2.38 bits per heavy atom. The summed E-state index contributed by atoms with van der Waals surface area (Å²) in [6.07, 6.45) is 1.00. The van der Waals surface area contributed by atoms with Crippen molar-refractivity contribution in [3.8, 4) is 0 Å². The fourth-order valence-corrected chi connectivity index (χ4v) is 1.15. The van der Waals surface area contributed by atoms with Gasteiger partial charge in [-0.1, -0.05) is 0 Å². The molecule has 0 aliphatic heterocycles. The SMILES string of the molecule is OC(CS)C(O)c1ncc(Br)cn1. The average Bonchev–Trinajstić information content (AvgIpc) is 2.17. The minimum absolute atomic E-state index is 0.167. The predicted molar refractivity (Wildman–Crippen MR) is 54.6 cm³/mol. The average molecular weight is 265 g/mol. The van der Waals surface area contributed by atoms with Gasteiger partial charge < -0.3 is 10.2 Å². The molecule has 0 aliphatic rings. The summed E-state index contributed by atoms with van der Waals surface area (Å²) in [6, 6.07) is 0. The Morgan fingerprint density at radius 1 is 1.38 bits per heavy atom. The van der Waals surface area contributed by atoms with Crippen molar-refractivity contribution in [1.29, 1.82) is 0 Å². The lowest BCUT2D eigenvalue weighted by Crippen LogP contribution is -2.21. The van der Waals surface area contributed by atoms with Crippen LogP contribution in [-0.2, 0) is 0 Å². The Bertz CT molecular complexity index is 270. The number of thiol groups is 1. The van der Waals surface area contributed by atoms with Gasteiger partial charge >= 0.3 is 0 Å². The van der Waals surface area contributed by atoms with Crippen molar-refractivity contribution >= 4 is 28.6 Å². The first kappa shape index (κ1) is 10.9. The smallest absolute Gasteiger partial charge is 0.159 e. The van der Waals surface area contributed by atoms with E-state index in [4.69, 9.17) is 0 Å². The van der Waals surface area contributed by atoms with Crippen LogP contribution in [0, 0.1) is 0 Å². The third kappa shape index (κ3) is 2.91. The highest BCUT2D eigenvalue weighted by atomic mass is 79.9. The zero-order chi connectivity index (χ0) is 9.84. The summed E-state index contributed by atoms with van der Waals surface area (Å²) in [7, 11) is 0. The van der Waals surface area contributed by atoms with Crippen LogP contribution in [0.25, 0.3) is 0 Å². The number of nitrogens with zero attached hydrogens (tertiary/aromatic N) is 2. The molecule has 2 atom stereocenters. The number of rotatable bonds is 3. The molecule has 1 aromatic heterocycles. The number of aliphatic hydroxyl groups excluding tert-OH is 2. The Morgan fingerprint density at radius 2 is 1.92 bits per heavy atom. The van der Waals surface area contributed by atoms with E-state index in [1.165, 1.54) is 12.4 Å². The summed E-state index contributed by atoms with van der Waals surface area (Å²) >= 11 is 7.02. The topological polar surface area (TPSA) is 66.2 Å². The molecule has 0 saturated carbocycles. The normalized spacial score (nSPS) is 15.4.